The number of nitrogens with zero attached hydrogens (tertiary/aromatic N) is 2. The predicted molar refractivity (Wildman–Crippen MR) is 155 cm³/mol. The molecule has 4 nitrogen and oxygen atoms in total. The molecule has 0 heterocycles. The molecule has 1 unspecified atom stereocenters. The normalized spacial score (nSPS) is 13.3. The molecular weight excluding hydrogens is 416 g/mol. The van der Waals surface area contributed by atoms with Crippen molar-refractivity contribution in [2.75, 3.05) is 39.3 Å². The summed E-state index contributed by atoms with van der Waals surface area (Å²) < 4.78 is 0. The zero-order valence-corrected chi connectivity index (χ0v) is 24.8. The topological polar surface area (TPSA) is 30.5 Å². The Balaban J connectivity index is 6.20. The van der Waals surface area contributed by atoms with Gasteiger partial charge in [-0.2, -0.15) is 0 Å². The first-order valence-corrected chi connectivity index (χ1v) is 15.6. The molecule has 0 saturated heterocycles. The minimum absolute atomic E-state index is 0.0944. The molecule has 0 bridgehead atoms. The molecule has 0 rings (SSSR count). The van der Waals surface area contributed by atoms with Gasteiger partial charge in [0.25, 0.3) is 0 Å². The van der Waals surface area contributed by atoms with Gasteiger partial charge >= 0.3 is 0 Å². The van der Waals surface area contributed by atoms with Crippen molar-refractivity contribution in [2.24, 2.45) is 0 Å². The summed E-state index contributed by atoms with van der Waals surface area (Å²) in [7, 11) is 0. The van der Waals surface area contributed by atoms with Crippen molar-refractivity contribution in [3.05, 3.63) is 0 Å². The van der Waals surface area contributed by atoms with Crippen LogP contribution in [0.15, 0.2) is 0 Å². The van der Waals surface area contributed by atoms with Gasteiger partial charge in [0.2, 0.25) is 0 Å². The van der Waals surface area contributed by atoms with E-state index in [4.69, 9.17) is 0 Å². The molecule has 0 fully saturated rings. The maximum Gasteiger partial charge on any atom is 0.144 e. The molecule has 0 amide bonds. The van der Waals surface area contributed by atoms with Gasteiger partial charge in [0.05, 0.1) is 6.04 Å². The van der Waals surface area contributed by atoms with Crippen LogP contribution in [-0.2, 0) is 0 Å². The standard InChI is InChI=1S/C30H66N4/c1-8-15-20-21-22-23-24-29(31-13-6)30(32-14-7,33(25-16-9-2)26-17-10-3)34(27-18-11-4)28-19-12-5/h29,31-32H,8-28H2,1-7H3. The SMILES string of the molecule is CCCCCCCCC(NCC)C(NCC)(N(CCCC)CCCC)N(CCCC)CCCC. The molecule has 0 radical (unpaired) electrons. The van der Waals surface area contributed by atoms with Crippen molar-refractivity contribution in [3.8, 4) is 0 Å². The average Bonchev–Trinajstić information content (AvgIpc) is 2.84. The second kappa shape index (κ2) is 23.3. The van der Waals surface area contributed by atoms with Gasteiger partial charge in [0.15, 0.2) is 0 Å². The Labute approximate surface area is 216 Å². The molecule has 2 N–H and O–H groups in total. The Morgan fingerprint density at radius 1 is 0.500 bits per heavy atom. The fourth-order valence-electron chi connectivity index (χ4n) is 5.37. The Morgan fingerprint density at radius 2 is 0.912 bits per heavy atom. The van der Waals surface area contributed by atoms with Crippen molar-refractivity contribution in [3.63, 3.8) is 0 Å². The van der Waals surface area contributed by atoms with Gasteiger partial charge in [-0.1, -0.05) is 113 Å². The lowest BCUT2D eigenvalue weighted by atomic mass is 9.95. The molecule has 1 atom stereocenters. The molecule has 0 aromatic carbocycles. The second-order valence-electron chi connectivity index (χ2n) is 10.3. The largest absolute Gasteiger partial charge is 0.310 e. The van der Waals surface area contributed by atoms with Gasteiger partial charge < -0.3 is 5.32 Å². The van der Waals surface area contributed by atoms with E-state index in [0.717, 1.165) is 13.1 Å². The lowest BCUT2D eigenvalue weighted by Crippen LogP contribution is -2.77. The molecule has 206 valence electrons. The van der Waals surface area contributed by atoms with Crippen molar-refractivity contribution < 1.29 is 0 Å². The van der Waals surface area contributed by atoms with Gasteiger partial charge in [-0.3, -0.25) is 15.1 Å². The molecule has 4 heteroatoms. The highest BCUT2D eigenvalue weighted by molar-refractivity contribution is 4.98. The fourth-order valence-corrected chi connectivity index (χ4v) is 5.37. The molecule has 0 aliphatic heterocycles. The van der Waals surface area contributed by atoms with Gasteiger partial charge in [-0.25, -0.2) is 0 Å². The summed E-state index contributed by atoms with van der Waals surface area (Å²) in [6, 6.07) is 0.450. The Morgan fingerprint density at radius 3 is 1.29 bits per heavy atom. The summed E-state index contributed by atoms with van der Waals surface area (Å²) in [6.45, 7) is 23.1. The number of likely N-dealkylation sites (N-methyl/N-ethyl adjacent to an activating group) is 2. The third-order valence-corrected chi connectivity index (χ3v) is 7.31. The summed E-state index contributed by atoms with van der Waals surface area (Å²) in [4.78, 5) is 5.75. The smallest absolute Gasteiger partial charge is 0.144 e. The summed E-state index contributed by atoms with van der Waals surface area (Å²) in [5.74, 6) is -0.0944. The minimum Gasteiger partial charge on any atom is -0.310 e. The third-order valence-electron chi connectivity index (χ3n) is 7.31. The van der Waals surface area contributed by atoms with E-state index in [-0.39, 0.29) is 5.79 Å². The first-order chi connectivity index (χ1) is 16.6. The summed E-state index contributed by atoms with van der Waals surface area (Å²) >= 11 is 0. The van der Waals surface area contributed by atoms with Gasteiger partial charge in [0.1, 0.15) is 5.79 Å². The number of hydrogen-bond acceptors (Lipinski definition) is 4. The second-order valence-corrected chi connectivity index (χ2v) is 10.3. The zero-order valence-electron chi connectivity index (χ0n) is 24.8. The van der Waals surface area contributed by atoms with E-state index in [1.54, 1.807) is 0 Å². The minimum atomic E-state index is -0.0944. The van der Waals surface area contributed by atoms with Gasteiger partial charge in [-0.05, 0) is 45.2 Å². The lowest BCUT2D eigenvalue weighted by molar-refractivity contribution is -0.115. The van der Waals surface area contributed by atoms with Crippen molar-refractivity contribution in [2.45, 2.75) is 157 Å². The molecule has 0 aliphatic carbocycles. The summed E-state index contributed by atoms with van der Waals surface area (Å²) in [6.07, 6.45) is 19.7. The summed E-state index contributed by atoms with van der Waals surface area (Å²) in [5, 5.41) is 8.20. The van der Waals surface area contributed by atoms with Crippen LogP contribution in [0.4, 0.5) is 0 Å². The van der Waals surface area contributed by atoms with Gasteiger partial charge in [-0.15, -0.1) is 0 Å². The molecule has 34 heavy (non-hydrogen) atoms. The lowest BCUT2D eigenvalue weighted by Gasteiger charge is -2.56. The summed E-state index contributed by atoms with van der Waals surface area (Å²) in [5.41, 5.74) is 0. The van der Waals surface area contributed by atoms with E-state index in [0.29, 0.717) is 6.04 Å². The van der Waals surface area contributed by atoms with Crippen molar-refractivity contribution >= 4 is 0 Å². The first-order valence-electron chi connectivity index (χ1n) is 15.6. The Kier molecular flexibility index (Phi) is 23.1. The highest BCUT2D eigenvalue weighted by atomic mass is 15.5. The Hall–Kier alpha value is -0.160. The van der Waals surface area contributed by atoms with Crippen LogP contribution in [0.25, 0.3) is 0 Å². The number of nitrogens with one attached hydrogen (secondary N) is 2. The van der Waals surface area contributed by atoms with Crippen LogP contribution in [0.3, 0.4) is 0 Å². The van der Waals surface area contributed by atoms with E-state index in [1.807, 2.05) is 0 Å². The number of rotatable bonds is 26. The highest BCUT2D eigenvalue weighted by Gasteiger charge is 2.46. The Bertz CT molecular complexity index is 379. The van der Waals surface area contributed by atoms with E-state index >= 15 is 0 Å². The zero-order chi connectivity index (χ0) is 25.5. The monoisotopic (exact) mass is 483 g/mol. The van der Waals surface area contributed by atoms with Crippen LogP contribution in [0.5, 0.6) is 0 Å². The maximum absolute atomic E-state index is 4.17. The van der Waals surface area contributed by atoms with Gasteiger partial charge in [0, 0.05) is 26.2 Å². The van der Waals surface area contributed by atoms with Crippen LogP contribution in [0, 0.1) is 0 Å². The van der Waals surface area contributed by atoms with E-state index in [2.05, 4.69) is 68.9 Å². The molecular formula is C30H66N4. The molecule has 0 saturated carbocycles. The first kappa shape index (κ1) is 33.8. The highest BCUT2D eigenvalue weighted by Crippen LogP contribution is 2.29. The average molecular weight is 483 g/mol. The van der Waals surface area contributed by atoms with Crippen LogP contribution in [0.2, 0.25) is 0 Å². The van der Waals surface area contributed by atoms with Crippen LogP contribution in [0.1, 0.15) is 145 Å². The fraction of sp³-hybridized carbons (Fsp3) is 1.00. The third kappa shape index (κ3) is 12.7. The quantitative estimate of drug-likeness (QED) is 0.0973. The molecule has 0 aromatic rings. The van der Waals surface area contributed by atoms with E-state index < -0.39 is 0 Å². The van der Waals surface area contributed by atoms with E-state index in [1.165, 1.54) is 122 Å². The van der Waals surface area contributed by atoms with Crippen LogP contribution in [-0.4, -0.2) is 60.9 Å². The van der Waals surface area contributed by atoms with Crippen molar-refractivity contribution in [1.29, 1.82) is 0 Å². The molecule has 0 spiro atoms. The molecule has 0 aliphatic rings. The van der Waals surface area contributed by atoms with E-state index in [9.17, 15) is 0 Å². The molecule has 0 aromatic heterocycles. The maximum atomic E-state index is 4.17. The van der Waals surface area contributed by atoms with Crippen LogP contribution >= 0.6 is 0 Å². The number of unbranched alkanes of at least 4 members (excludes halogenated alkanes) is 9. The number of hydrogen-bond donors (Lipinski definition) is 2. The van der Waals surface area contributed by atoms with Crippen molar-refractivity contribution in [1.82, 2.24) is 20.4 Å². The van der Waals surface area contributed by atoms with Crippen LogP contribution < -0.4 is 10.6 Å². The predicted octanol–water partition coefficient (Wildman–Crippen LogP) is 7.78.